The Morgan fingerprint density at radius 3 is 2.33 bits per heavy atom. The molecule has 0 spiro atoms. The van der Waals surface area contributed by atoms with Crippen molar-refractivity contribution in [3.8, 4) is 0 Å². The maximum Gasteiger partial charge on any atom is 0.0408 e. The van der Waals surface area contributed by atoms with E-state index in [0.717, 1.165) is 22.9 Å². The summed E-state index contributed by atoms with van der Waals surface area (Å²) in [6, 6.07) is 7.87. The molecule has 3 aliphatic carbocycles. The van der Waals surface area contributed by atoms with E-state index in [-0.39, 0.29) is 0 Å². The first-order valence-electron chi connectivity index (χ1n) is 7.33. The summed E-state index contributed by atoms with van der Waals surface area (Å²) in [6.45, 7) is 0. The second-order valence-electron chi connectivity index (χ2n) is 6.39. The highest BCUT2D eigenvalue weighted by Crippen LogP contribution is 2.45. The molecule has 2 fully saturated rings. The summed E-state index contributed by atoms with van der Waals surface area (Å²) in [6.07, 6.45) is 8.20. The normalized spacial score (nSPS) is 26.7. The summed E-state index contributed by atoms with van der Waals surface area (Å²) in [5.74, 6) is 1.98. The second kappa shape index (κ2) is 4.25. The molecule has 1 unspecified atom stereocenters. The molecule has 0 radical (unpaired) electrons. The first-order chi connectivity index (χ1) is 8.79. The summed E-state index contributed by atoms with van der Waals surface area (Å²) in [5.41, 5.74) is 2.97. The topological polar surface area (TPSA) is 12.0 Å². The van der Waals surface area contributed by atoms with Gasteiger partial charge in [0.15, 0.2) is 0 Å². The van der Waals surface area contributed by atoms with Gasteiger partial charge in [-0.3, -0.25) is 0 Å². The number of fused-ring (bicyclic) bond motifs is 1. The van der Waals surface area contributed by atoms with E-state index < -0.39 is 0 Å². The molecule has 2 heteroatoms. The Morgan fingerprint density at radius 2 is 1.67 bits per heavy atom. The molecule has 1 aromatic rings. The predicted octanol–water partition coefficient (Wildman–Crippen LogP) is 3.59. The first-order valence-corrected chi connectivity index (χ1v) is 7.71. The fraction of sp³-hybridized carbons (Fsp3) is 0.625. The van der Waals surface area contributed by atoms with E-state index in [1.807, 2.05) is 6.07 Å². The fourth-order valence-corrected chi connectivity index (χ4v) is 3.74. The van der Waals surface area contributed by atoms with Crippen LogP contribution in [-0.4, -0.2) is 12.1 Å². The van der Waals surface area contributed by atoms with E-state index in [4.69, 9.17) is 11.6 Å². The first kappa shape index (κ1) is 11.3. The lowest BCUT2D eigenvalue weighted by molar-refractivity contribution is 0.366. The molecular weight excluding hydrogens is 242 g/mol. The number of halogens is 1. The zero-order valence-electron chi connectivity index (χ0n) is 10.7. The van der Waals surface area contributed by atoms with Crippen molar-refractivity contribution in [1.29, 1.82) is 0 Å². The van der Waals surface area contributed by atoms with Crippen molar-refractivity contribution in [2.45, 2.75) is 50.6 Å². The highest BCUT2D eigenvalue weighted by atomic mass is 35.5. The summed E-state index contributed by atoms with van der Waals surface area (Å²) in [7, 11) is 0. The molecule has 0 amide bonds. The lowest BCUT2D eigenvalue weighted by Crippen LogP contribution is -2.41. The molecule has 1 aromatic carbocycles. The molecular formula is C16H20ClN. The van der Waals surface area contributed by atoms with Crippen molar-refractivity contribution >= 4 is 11.6 Å². The number of hydrogen-bond acceptors (Lipinski definition) is 1. The van der Waals surface area contributed by atoms with Gasteiger partial charge in [-0.1, -0.05) is 17.7 Å². The molecule has 1 N–H and O–H groups in total. The van der Waals surface area contributed by atoms with Gasteiger partial charge in [-0.2, -0.15) is 0 Å². The zero-order chi connectivity index (χ0) is 12.1. The van der Waals surface area contributed by atoms with Crippen molar-refractivity contribution in [2.75, 3.05) is 0 Å². The fourth-order valence-electron chi connectivity index (χ4n) is 3.54. The Hall–Kier alpha value is -0.530. The Balaban J connectivity index is 1.45. The van der Waals surface area contributed by atoms with Crippen molar-refractivity contribution in [3.05, 3.63) is 34.3 Å². The van der Waals surface area contributed by atoms with Crippen LogP contribution in [0.25, 0.3) is 0 Å². The van der Waals surface area contributed by atoms with E-state index in [1.54, 1.807) is 0 Å². The van der Waals surface area contributed by atoms with Crippen molar-refractivity contribution in [3.63, 3.8) is 0 Å². The van der Waals surface area contributed by atoms with Gasteiger partial charge in [-0.25, -0.2) is 0 Å². The zero-order valence-corrected chi connectivity index (χ0v) is 11.4. The SMILES string of the molecule is Clc1ccc2c(c1)CC(NC(C1CC1)C1CC1)C2. The number of rotatable bonds is 4. The molecule has 18 heavy (non-hydrogen) atoms. The average Bonchev–Trinajstić information content (AvgIpc) is 3.23. The molecule has 0 bridgehead atoms. The maximum absolute atomic E-state index is 6.08. The van der Waals surface area contributed by atoms with E-state index in [9.17, 15) is 0 Å². The Morgan fingerprint density at radius 1 is 1.00 bits per heavy atom. The van der Waals surface area contributed by atoms with Crippen LogP contribution in [0.15, 0.2) is 18.2 Å². The summed E-state index contributed by atoms with van der Waals surface area (Å²) < 4.78 is 0. The summed E-state index contributed by atoms with van der Waals surface area (Å²) in [5, 5.41) is 4.85. The molecule has 0 aromatic heterocycles. The third-order valence-corrected chi connectivity index (χ3v) is 5.02. The van der Waals surface area contributed by atoms with Gasteiger partial charge in [0, 0.05) is 17.1 Å². The van der Waals surface area contributed by atoms with E-state index in [1.165, 1.54) is 49.7 Å². The van der Waals surface area contributed by atoms with Crippen LogP contribution in [0, 0.1) is 11.8 Å². The molecule has 2 saturated carbocycles. The molecule has 1 nitrogen and oxygen atoms in total. The van der Waals surface area contributed by atoms with Crippen molar-refractivity contribution < 1.29 is 0 Å². The highest BCUT2D eigenvalue weighted by Gasteiger charge is 2.42. The van der Waals surface area contributed by atoms with Crippen molar-refractivity contribution in [1.82, 2.24) is 5.32 Å². The molecule has 0 heterocycles. The van der Waals surface area contributed by atoms with Crippen LogP contribution >= 0.6 is 11.6 Å². The number of nitrogens with one attached hydrogen (secondary N) is 1. The minimum atomic E-state index is 0.657. The third kappa shape index (κ3) is 2.19. The Kier molecular flexibility index (Phi) is 2.67. The Bertz CT molecular complexity index is 450. The lowest BCUT2D eigenvalue weighted by Gasteiger charge is -2.22. The molecule has 1 atom stereocenters. The molecule has 3 aliphatic rings. The van der Waals surface area contributed by atoms with Crippen LogP contribution in [0.1, 0.15) is 36.8 Å². The molecule has 0 saturated heterocycles. The quantitative estimate of drug-likeness (QED) is 0.874. The summed E-state index contributed by atoms with van der Waals surface area (Å²) >= 11 is 6.08. The average molecular weight is 262 g/mol. The van der Waals surface area contributed by atoms with Gasteiger partial charge in [-0.15, -0.1) is 0 Å². The van der Waals surface area contributed by atoms with Crippen LogP contribution in [0.3, 0.4) is 0 Å². The van der Waals surface area contributed by atoms with Crippen LogP contribution in [0.2, 0.25) is 5.02 Å². The van der Waals surface area contributed by atoms with Gasteiger partial charge >= 0.3 is 0 Å². The van der Waals surface area contributed by atoms with Gasteiger partial charge in [-0.05, 0) is 73.6 Å². The molecule has 4 rings (SSSR count). The smallest absolute Gasteiger partial charge is 0.0408 e. The van der Waals surface area contributed by atoms with Gasteiger partial charge in [0.1, 0.15) is 0 Å². The van der Waals surface area contributed by atoms with Gasteiger partial charge in [0.2, 0.25) is 0 Å². The Labute approximate surface area is 114 Å². The monoisotopic (exact) mass is 261 g/mol. The standard InChI is InChI=1S/C16H20ClN/c17-14-6-5-12-8-15(9-13(12)7-14)18-16(10-1-2-10)11-3-4-11/h5-7,10-11,15-16,18H,1-4,8-9H2. The minimum Gasteiger partial charge on any atom is -0.310 e. The molecule has 0 aliphatic heterocycles. The van der Waals surface area contributed by atoms with E-state index in [0.29, 0.717) is 6.04 Å². The minimum absolute atomic E-state index is 0.657. The van der Waals surface area contributed by atoms with Crippen molar-refractivity contribution in [2.24, 2.45) is 11.8 Å². The van der Waals surface area contributed by atoms with Crippen LogP contribution < -0.4 is 5.32 Å². The van der Waals surface area contributed by atoms with Gasteiger partial charge < -0.3 is 5.32 Å². The molecule has 96 valence electrons. The third-order valence-electron chi connectivity index (χ3n) is 4.79. The van der Waals surface area contributed by atoms with E-state index in [2.05, 4.69) is 17.4 Å². The van der Waals surface area contributed by atoms with Crippen LogP contribution in [0.4, 0.5) is 0 Å². The van der Waals surface area contributed by atoms with Gasteiger partial charge in [0.05, 0.1) is 0 Å². The van der Waals surface area contributed by atoms with Crippen LogP contribution in [0.5, 0.6) is 0 Å². The predicted molar refractivity (Wildman–Crippen MR) is 75.0 cm³/mol. The maximum atomic E-state index is 6.08. The lowest BCUT2D eigenvalue weighted by atomic mass is 10.1. The van der Waals surface area contributed by atoms with Gasteiger partial charge in [0.25, 0.3) is 0 Å². The highest BCUT2D eigenvalue weighted by molar-refractivity contribution is 6.30. The number of benzene rings is 1. The number of hydrogen-bond donors (Lipinski definition) is 1. The summed E-state index contributed by atoms with van der Waals surface area (Å²) in [4.78, 5) is 0. The second-order valence-corrected chi connectivity index (χ2v) is 6.82. The largest absolute Gasteiger partial charge is 0.310 e. The van der Waals surface area contributed by atoms with Crippen LogP contribution in [-0.2, 0) is 12.8 Å². The van der Waals surface area contributed by atoms with E-state index >= 15 is 0 Å².